The van der Waals surface area contributed by atoms with Crippen molar-refractivity contribution in [2.45, 2.75) is 45.7 Å². The average Bonchev–Trinajstić information content (AvgIpc) is 2.54. The lowest BCUT2D eigenvalue weighted by molar-refractivity contribution is -0.142. The highest BCUT2D eigenvalue weighted by atomic mass is 16.2. The lowest BCUT2D eigenvalue weighted by atomic mass is 9.77. The summed E-state index contributed by atoms with van der Waals surface area (Å²) in [7, 11) is 4.16. The van der Waals surface area contributed by atoms with Gasteiger partial charge < -0.3 is 9.80 Å². The Balaban J connectivity index is 1.78. The molecule has 1 aliphatic carbocycles. The Morgan fingerprint density at radius 1 is 1.35 bits per heavy atom. The molecule has 1 amide bonds. The Bertz CT molecular complexity index is 623. The van der Waals surface area contributed by atoms with Gasteiger partial charge in [0.1, 0.15) is 0 Å². The minimum absolute atomic E-state index is 0.221. The van der Waals surface area contributed by atoms with E-state index < -0.39 is 0 Å². The van der Waals surface area contributed by atoms with Gasteiger partial charge in [-0.15, -0.1) is 0 Å². The van der Waals surface area contributed by atoms with Crippen molar-refractivity contribution < 1.29 is 4.79 Å². The maximum absolute atomic E-state index is 13.0. The van der Waals surface area contributed by atoms with Gasteiger partial charge in [-0.25, -0.2) is 0 Å². The van der Waals surface area contributed by atoms with E-state index in [9.17, 15) is 4.79 Å². The van der Waals surface area contributed by atoms with E-state index in [2.05, 4.69) is 43.1 Å². The lowest BCUT2D eigenvalue weighted by Gasteiger charge is -2.38. The largest absolute Gasteiger partial charge is 0.337 e. The van der Waals surface area contributed by atoms with E-state index in [0.717, 1.165) is 38.8 Å². The monoisotopic (exact) mass is 313 g/mol. The Morgan fingerprint density at radius 3 is 2.87 bits per heavy atom. The molecule has 1 unspecified atom stereocenters. The van der Waals surface area contributed by atoms with Crippen LogP contribution < -0.4 is 0 Å². The first kappa shape index (κ1) is 16.2. The van der Waals surface area contributed by atoms with Crippen molar-refractivity contribution >= 4 is 5.91 Å². The summed E-state index contributed by atoms with van der Waals surface area (Å²) in [6.45, 7) is 4.57. The van der Waals surface area contributed by atoms with Gasteiger partial charge in [-0.2, -0.15) is 0 Å². The Kier molecular flexibility index (Phi) is 4.53. The first-order valence-electron chi connectivity index (χ1n) is 8.53. The van der Waals surface area contributed by atoms with E-state index in [-0.39, 0.29) is 5.41 Å². The highest BCUT2D eigenvalue weighted by Gasteiger charge is 2.37. The number of aromatic nitrogens is 1. The summed E-state index contributed by atoms with van der Waals surface area (Å²) in [5.41, 5.74) is 3.69. The number of fused-ring (bicyclic) bond motifs is 1. The number of hydrogen-bond donors (Lipinski definition) is 0. The fraction of sp³-hybridized carbons (Fsp3) is 0.579. The normalized spacial score (nSPS) is 23.9. The van der Waals surface area contributed by atoms with Gasteiger partial charge in [0.15, 0.2) is 0 Å². The smallest absolute Gasteiger partial charge is 0.229 e. The SMILES string of the molecule is CN(C)Cc1cncc2c1CCN(C(=O)C1(C)CC=CCC1)C2. The molecule has 0 fully saturated rings. The lowest BCUT2D eigenvalue weighted by Crippen LogP contribution is -2.45. The quantitative estimate of drug-likeness (QED) is 0.805. The van der Waals surface area contributed by atoms with Crippen LogP contribution in [0.25, 0.3) is 0 Å². The fourth-order valence-corrected chi connectivity index (χ4v) is 3.76. The molecule has 3 rings (SSSR count). The molecule has 0 saturated heterocycles. The van der Waals surface area contributed by atoms with Crippen molar-refractivity contribution in [2.24, 2.45) is 5.41 Å². The molecule has 23 heavy (non-hydrogen) atoms. The summed E-state index contributed by atoms with van der Waals surface area (Å²) in [6.07, 6.45) is 12.1. The van der Waals surface area contributed by atoms with E-state index in [4.69, 9.17) is 0 Å². The maximum Gasteiger partial charge on any atom is 0.229 e. The van der Waals surface area contributed by atoms with Gasteiger partial charge in [-0.1, -0.05) is 19.1 Å². The minimum atomic E-state index is -0.221. The molecule has 1 aromatic rings. The second kappa shape index (κ2) is 6.44. The molecule has 0 N–H and O–H groups in total. The van der Waals surface area contributed by atoms with Crippen molar-refractivity contribution in [2.75, 3.05) is 20.6 Å². The molecule has 4 heteroatoms. The molecule has 2 heterocycles. The first-order chi connectivity index (χ1) is 11.0. The van der Waals surface area contributed by atoms with E-state index in [0.29, 0.717) is 12.5 Å². The second-order valence-electron chi connectivity index (χ2n) is 7.43. The predicted molar refractivity (Wildman–Crippen MR) is 91.8 cm³/mol. The van der Waals surface area contributed by atoms with Crippen molar-refractivity contribution in [3.63, 3.8) is 0 Å². The number of pyridine rings is 1. The van der Waals surface area contributed by atoms with Crippen molar-refractivity contribution in [3.05, 3.63) is 41.2 Å². The van der Waals surface area contributed by atoms with Crippen LogP contribution in [0.3, 0.4) is 0 Å². The van der Waals surface area contributed by atoms with Crippen LogP contribution in [0.1, 0.15) is 42.9 Å². The molecule has 124 valence electrons. The van der Waals surface area contributed by atoms with Crippen LogP contribution in [-0.4, -0.2) is 41.3 Å². The second-order valence-corrected chi connectivity index (χ2v) is 7.43. The zero-order chi connectivity index (χ0) is 16.4. The Labute approximate surface area is 139 Å². The van der Waals surface area contributed by atoms with Crippen molar-refractivity contribution in [1.29, 1.82) is 0 Å². The van der Waals surface area contributed by atoms with Gasteiger partial charge in [0.05, 0.1) is 5.41 Å². The fourth-order valence-electron chi connectivity index (χ4n) is 3.76. The third kappa shape index (κ3) is 3.32. The minimum Gasteiger partial charge on any atom is -0.337 e. The summed E-state index contributed by atoms with van der Waals surface area (Å²) in [6, 6.07) is 0. The summed E-state index contributed by atoms with van der Waals surface area (Å²) >= 11 is 0. The molecule has 1 aromatic heterocycles. The third-order valence-corrected chi connectivity index (χ3v) is 5.12. The first-order valence-corrected chi connectivity index (χ1v) is 8.53. The van der Waals surface area contributed by atoms with Gasteiger partial charge >= 0.3 is 0 Å². The van der Waals surface area contributed by atoms with Crippen LogP contribution in [0.4, 0.5) is 0 Å². The number of carbonyl (C=O) groups excluding carboxylic acids is 1. The number of carbonyl (C=O) groups is 1. The molecule has 1 atom stereocenters. The number of allylic oxidation sites excluding steroid dienone is 2. The molecule has 0 saturated carbocycles. The maximum atomic E-state index is 13.0. The summed E-state index contributed by atoms with van der Waals surface area (Å²) < 4.78 is 0. The molecule has 2 aliphatic rings. The number of nitrogens with zero attached hydrogens (tertiary/aromatic N) is 3. The molecule has 0 radical (unpaired) electrons. The average molecular weight is 313 g/mol. The van der Waals surface area contributed by atoms with E-state index in [1.807, 2.05) is 17.3 Å². The van der Waals surface area contributed by atoms with Gasteiger partial charge in [0.25, 0.3) is 0 Å². The van der Waals surface area contributed by atoms with E-state index >= 15 is 0 Å². The zero-order valence-corrected chi connectivity index (χ0v) is 14.5. The number of amides is 1. The topological polar surface area (TPSA) is 36.4 Å². The van der Waals surface area contributed by atoms with Gasteiger partial charge in [0.2, 0.25) is 5.91 Å². The van der Waals surface area contributed by atoms with Crippen molar-refractivity contribution in [3.8, 4) is 0 Å². The molecule has 1 aliphatic heterocycles. The summed E-state index contributed by atoms with van der Waals surface area (Å²) in [5.74, 6) is 0.311. The van der Waals surface area contributed by atoms with Gasteiger partial charge in [0, 0.05) is 32.0 Å². The van der Waals surface area contributed by atoms with Gasteiger partial charge in [-0.3, -0.25) is 9.78 Å². The predicted octanol–water partition coefficient (Wildman–Crippen LogP) is 2.77. The van der Waals surface area contributed by atoms with Crippen LogP contribution >= 0.6 is 0 Å². The number of hydrogen-bond acceptors (Lipinski definition) is 3. The summed E-state index contributed by atoms with van der Waals surface area (Å²) in [4.78, 5) is 21.6. The molecule has 0 bridgehead atoms. The Morgan fingerprint density at radius 2 is 2.17 bits per heavy atom. The van der Waals surface area contributed by atoms with E-state index in [1.165, 1.54) is 16.7 Å². The molecule has 0 aromatic carbocycles. The third-order valence-electron chi connectivity index (χ3n) is 5.12. The standard InChI is InChI=1S/C19H27N3O/c1-19(8-5-4-6-9-19)18(23)22-10-7-17-15(13-21(2)3)11-20-12-16(17)14-22/h4-5,11-12H,6-10,13-14H2,1-3H3. The molecule has 0 spiro atoms. The Hall–Kier alpha value is -1.68. The van der Waals surface area contributed by atoms with Crippen LogP contribution in [-0.2, 0) is 24.3 Å². The van der Waals surface area contributed by atoms with Crippen LogP contribution in [0.15, 0.2) is 24.5 Å². The van der Waals surface area contributed by atoms with Gasteiger partial charge in [-0.05, 0) is 56.5 Å². The van der Waals surface area contributed by atoms with Crippen LogP contribution in [0.2, 0.25) is 0 Å². The number of rotatable bonds is 3. The van der Waals surface area contributed by atoms with E-state index in [1.54, 1.807) is 0 Å². The summed E-state index contributed by atoms with van der Waals surface area (Å²) in [5, 5.41) is 0. The zero-order valence-electron chi connectivity index (χ0n) is 14.5. The van der Waals surface area contributed by atoms with Crippen molar-refractivity contribution in [1.82, 2.24) is 14.8 Å². The highest BCUT2D eigenvalue weighted by molar-refractivity contribution is 5.83. The van der Waals surface area contributed by atoms with Crippen LogP contribution in [0.5, 0.6) is 0 Å². The highest BCUT2D eigenvalue weighted by Crippen LogP contribution is 2.35. The molecule has 4 nitrogen and oxygen atoms in total. The molecular weight excluding hydrogens is 286 g/mol. The molecular formula is C19H27N3O. The van der Waals surface area contributed by atoms with Crippen LogP contribution in [0, 0.1) is 5.41 Å².